The van der Waals surface area contributed by atoms with E-state index in [1.54, 1.807) is 0 Å². The van der Waals surface area contributed by atoms with Crippen LogP contribution in [-0.2, 0) is 10.8 Å². The Balaban J connectivity index is 1.86. The summed E-state index contributed by atoms with van der Waals surface area (Å²) in [5.74, 6) is 2.67. The van der Waals surface area contributed by atoms with Crippen LogP contribution in [0.1, 0.15) is 71.4 Å². The lowest BCUT2D eigenvalue weighted by Crippen LogP contribution is -2.33. The molecule has 1 aromatic carbocycles. The second-order valence-corrected chi connectivity index (χ2v) is 9.09. The molecule has 2 aromatic rings. The molecule has 26 heavy (non-hydrogen) atoms. The third-order valence-corrected chi connectivity index (χ3v) is 6.20. The van der Waals surface area contributed by atoms with Crippen molar-refractivity contribution in [2.24, 2.45) is 5.92 Å². The standard InChI is InChI=1S/C24H32BO/c1-7-17(8-2)10-9-13-25-22-15-18-14-19-20(16-21(18)26-22)24(5,6)12-11-23(19,3)4/h7,9,13-17H,1,8,10-12H2,2-6H3/b13-9+. The molecule has 1 unspecified atom stereocenters. The molecule has 0 amide bonds. The van der Waals surface area contributed by atoms with Gasteiger partial charge in [0.15, 0.2) is 0 Å². The zero-order valence-corrected chi connectivity index (χ0v) is 17.1. The second-order valence-electron chi connectivity index (χ2n) is 9.09. The van der Waals surface area contributed by atoms with E-state index in [1.165, 1.54) is 29.4 Å². The van der Waals surface area contributed by atoms with Gasteiger partial charge in [0.2, 0.25) is 7.28 Å². The maximum atomic E-state index is 6.13. The zero-order valence-electron chi connectivity index (χ0n) is 17.1. The van der Waals surface area contributed by atoms with E-state index in [0.29, 0.717) is 5.92 Å². The Hall–Kier alpha value is -1.70. The van der Waals surface area contributed by atoms with Gasteiger partial charge in [-0.15, -0.1) is 12.6 Å². The van der Waals surface area contributed by atoms with Gasteiger partial charge in [0, 0.05) is 5.39 Å². The van der Waals surface area contributed by atoms with Crippen LogP contribution >= 0.6 is 0 Å². The largest absolute Gasteiger partial charge is 0.472 e. The maximum absolute atomic E-state index is 6.13. The molecular formula is C24H32BO. The highest BCUT2D eigenvalue weighted by molar-refractivity contribution is 6.57. The topological polar surface area (TPSA) is 13.1 Å². The van der Waals surface area contributed by atoms with Gasteiger partial charge in [0.1, 0.15) is 5.58 Å². The SMILES string of the molecule is C=CC(CC)C/C=C/[B]c1cc2cc3c(cc2o1)C(C)(C)CCC3(C)C. The minimum absolute atomic E-state index is 0.218. The quantitative estimate of drug-likeness (QED) is 0.446. The molecule has 0 fully saturated rings. The Kier molecular flexibility index (Phi) is 5.24. The molecule has 1 aliphatic rings. The summed E-state index contributed by atoms with van der Waals surface area (Å²) in [6, 6.07) is 6.82. The van der Waals surface area contributed by atoms with E-state index in [9.17, 15) is 0 Å². The number of furan rings is 1. The van der Waals surface area contributed by atoms with Gasteiger partial charge in [-0.05, 0) is 71.8 Å². The monoisotopic (exact) mass is 347 g/mol. The fraction of sp³-hybridized carbons (Fsp3) is 0.500. The summed E-state index contributed by atoms with van der Waals surface area (Å²) in [5, 5.41) is 1.21. The molecule has 1 heterocycles. The van der Waals surface area contributed by atoms with Crippen molar-refractivity contribution in [3.8, 4) is 0 Å². The van der Waals surface area contributed by atoms with E-state index in [2.05, 4.69) is 78.7 Å². The van der Waals surface area contributed by atoms with Crippen LogP contribution in [0.2, 0.25) is 0 Å². The van der Waals surface area contributed by atoms with Crippen LogP contribution in [-0.4, -0.2) is 7.28 Å². The lowest BCUT2D eigenvalue weighted by molar-refractivity contribution is 0.332. The van der Waals surface area contributed by atoms with Crippen molar-refractivity contribution in [2.75, 3.05) is 0 Å². The first-order valence-electron chi connectivity index (χ1n) is 9.98. The molecular weight excluding hydrogens is 315 g/mol. The second kappa shape index (κ2) is 7.14. The molecule has 1 radical (unpaired) electrons. The highest BCUT2D eigenvalue weighted by Crippen LogP contribution is 2.46. The summed E-state index contributed by atoms with van der Waals surface area (Å²) in [6.45, 7) is 15.5. The Morgan fingerprint density at radius 1 is 1.12 bits per heavy atom. The van der Waals surface area contributed by atoms with Gasteiger partial charge in [0.05, 0.1) is 5.66 Å². The number of hydrogen-bond acceptors (Lipinski definition) is 1. The Morgan fingerprint density at radius 2 is 1.77 bits per heavy atom. The maximum Gasteiger partial charge on any atom is 0.231 e. The molecule has 0 bridgehead atoms. The third-order valence-electron chi connectivity index (χ3n) is 6.20. The Bertz CT molecular complexity index is 769. The average molecular weight is 347 g/mol. The van der Waals surface area contributed by atoms with Crippen molar-refractivity contribution in [1.29, 1.82) is 0 Å². The lowest BCUT2D eigenvalue weighted by atomic mass is 9.63. The zero-order chi connectivity index (χ0) is 18.9. The summed E-state index contributed by atoms with van der Waals surface area (Å²) in [4.78, 5) is 0. The number of fused-ring (bicyclic) bond motifs is 2. The lowest BCUT2D eigenvalue weighted by Gasteiger charge is -2.41. The van der Waals surface area contributed by atoms with E-state index >= 15 is 0 Å². The van der Waals surface area contributed by atoms with Crippen LogP contribution in [0.15, 0.2) is 47.3 Å². The van der Waals surface area contributed by atoms with E-state index < -0.39 is 0 Å². The Morgan fingerprint density at radius 3 is 2.38 bits per heavy atom. The van der Waals surface area contributed by atoms with Crippen molar-refractivity contribution in [1.82, 2.24) is 0 Å². The van der Waals surface area contributed by atoms with Crippen LogP contribution in [0.5, 0.6) is 0 Å². The van der Waals surface area contributed by atoms with Gasteiger partial charge in [-0.3, -0.25) is 0 Å². The van der Waals surface area contributed by atoms with Crippen molar-refractivity contribution in [3.05, 3.63) is 54.0 Å². The van der Waals surface area contributed by atoms with Crippen LogP contribution in [0, 0.1) is 5.92 Å². The normalized spacial score (nSPS) is 19.4. The van der Waals surface area contributed by atoms with E-state index in [0.717, 1.165) is 24.1 Å². The highest BCUT2D eigenvalue weighted by Gasteiger charge is 2.37. The van der Waals surface area contributed by atoms with Crippen LogP contribution in [0.4, 0.5) is 0 Å². The van der Waals surface area contributed by atoms with Gasteiger partial charge < -0.3 is 4.42 Å². The molecule has 0 saturated heterocycles. The van der Waals surface area contributed by atoms with Gasteiger partial charge in [0.25, 0.3) is 0 Å². The molecule has 1 atom stereocenters. The first-order chi connectivity index (χ1) is 12.3. The smallest absolute Gasteiger partial charge is 0.231 e. The van der Waals surface area contributed by atoms with Crippen molar-refractivity contribution < 1.29 is 4.42 Å². The summed E-state index contributed by atoms with van der Waals surface area (Å²) in [6.07, 6.45) is 8.88. The fourth-order valence-electron chi connectivity index (χ4n) is 4.05. The average Bonchev–Trinajstić information content (AvgIpc) is 3.00. The molecule has 1 aromatic heterocycles. The molecule has 1 nitrogen and oxygen atoms in total. The van der Waals surface area contributed by atoms with Crippen LogP contribution in [0.3, 0.4) is 0 Å². The molecule has 0 saturated carbocycles. The predicted octanol–water partition coefficient (Wildman–Crippen LogP) is 6.23. The summed E-state index contributed by atoms with van der Waals surface area (Å²) in [7, 11) is 2.07. The van der Waals surface area contributed by atoms with Gasteiger partial charge in [-0.25, -0.2) is 0 Å². The van der Waals surface area contributed by atoms with Crippen molar-refractivity contribution in [2.45, 2.75) is 71.1 Å². The van der Waals surface area contributed by atoms with E-state index in [-0.39, 0.29) is 10.8 Å². The van der Waals surface area contributed by atoms with Crippen molar-refractivity contribution in [3.63, 3.8) is 0 Å². The summed E-state index contributed by atoms with van der Waals surface area (Å²) in [5.41, 5.74) is 5.33. The third kappa shape index (κ3) is 3.70. The molecule has 1 aliphatic carbocycles. The number of hydrogen-bond donors (Lipinski definition) is 0. The predicted molar refractivity (Wildman–Crippen MR) is 115 cm³/mol. The molecule has 0 spiro atoms. The van der Waals surface area contributed by atoms with Gasteiger partial charge >= 0.3 is 0 Å². The molecule has 3 rings (SSSR count). The molecule has 0 N–H and O–H groups in total. The number of rotatable bonds is 6. The molecule has 2 heteroatoms. The van der Waals surface area contributed by atoms with E-state index in [4.69, 9.17) is 4.42 Å². The first-order valence-corrected chi connectivity index (χ1v) is 9.98. The number of benzene rings is 1. The summed E-state index contributed by atoms with van der Waals surface area (Å²) < 4.78 is 6.13. The highest BCUT2D eigenvalue weighted by atomic mass is 16.3. The number of allylic oxidation sites excluding steroid dienone is 2. The fourth-order valence-corrected chi connectivity index (χ4v) is 4.05. The molecule has 0 aliphatic heterocycles. The van der Waals surface area contributed by atoms with Crippen LogP contribution in [0.25, 0.3) is 11.0 Å². The van der Waals surface area contributed by atoms with E-state index in [1.807, 2.05) is 6.08 Å². The minimum Gasteiger partial charge on any atom is -0.472 e. The Labute approximate surface area is 159 Å². The van der Waals surface area contributed by atoms with Gasteiger partial charge in [-0.2, -0.15) is 0 Å². The minimum atomic E-state index is 0.218. The van der Waals surface area contributed by atoms with Gasteiger partial charge in [-0.1, -0.05) is 46.8 Å². The van der Waals surface area contributed by atoms with Crippen molar-refractivity contribution >= 4 is 23.9 Å². The first kappa shape index (κ1) is 19.1. The summed E-state index contributed by atoms with van der Waals surface area (Å²) >= 11 is 0. The van der Waals surface area contributed by atoms with Crippen LogP contribution < -0.4 is 5.66 Å². The molecule has 137 valence electrons.